The van der Waals surface area contributed by atoms with Gasteiger partial charge in [-0.05, 0) is 54.8 Å². The fraction of sp³-hybridized carbons (Fsp3) is 0.333. The molecule has 1 N–H and O–H groups in total. The zero-order valence-electron chi connectivity index (χ0n) is 13.9. The topological polar surface area (TPSA) is 46.2 Å². The van der Waals surface area contributed by atoms with Gasteiger partial charge in [0.05, 0.1) is 9.92 Å². The summed E-state index contributed by atoms with van der Waals surface area (Å²) in [6.07, 6.45) is 3.20. The highest BCUT2D eigenvalue weighted by Gasteiger charge is 2.17. The van der Waals surface area contributed by atoms with Crippen molar-refractivity contribution in [2.45, 2.75) is 28.4 Å². The lowest BCUT2D eigenvalue weighted by molar-refractivity contribution is 0.601. The number of fused-ring (bicyclic) bond motifs is 1. The summed E-state index contributed by atoms with van der Waals surface area (Å²) in [6, 6.07) is 11.2. The predicted molar refractivity (Wildman–Crippen MR) is 108 cm³/mol. The number of sulfone groups is 1. The minimum atomic E-state index is -3.23. The number of halogens is 2. The number of hydrogen-bond donors (Lipinski definition) is 1. The molecule has 7 heteroatoms. The van der Waals surface area contributed by atoms with Crippen LogP contribution in [-0.4, -0.2) is 27.8 Å². The predicted octanol–water partition coefficient (Wildman–Crippen LogP) is 4.15. The van der Waals surface area contributed by atoms with Crippen LogP contribution in [0.1, 0.15) is 16.7 Å². The van der Waals surface area contributed by atoms with E-state index in [9.17, 15) is 8.42 Å². The molecular formula is C18H21Cl2NO2S2. The second-order valence-corrected chi connectivity index (χ2v) is 9.31. The Morgan fingerprint density at radius 1 is 1.12 bits per heavy atom. The largest absolute Gasteiger partial charge is 0.316 e. The Kier molecular flexibility index (Phi) is 7.23. The summed E-state index contributed by atoms with van der Waals surface area (Å²) in [4.78, 5) is 1.48. The van der Waals surface area contributed by atoms with Crippen molar-refractivity contribution in [2.75, 3.05) is 19.3 Å². The van der Waals surface area contributed by atoms with Crippen LogP contribution in [0.5, 0.6) is 0 Å². The Labute approximate surface area is 164 Å². The second-order valence-electron chi connectivity index (χ2n) is 5.93. The third-order valence-corrected chi connectivity index (χ3v) is 7.01. The summed E-state index contributed by atoms with van der Waals surface area (Å²) in [7, 11) is -3.23. The molecule has 0 amide bonds. The van der Waals surface area contributed by atoms with E-state index in [0.717, 1.165) is 41.4 Å². The van der Waals surface area contributed by atoms with Crippen LogP contribution in [-0.2, 0) is 28.4 Å². The average Bonchev–Trinajstić information content (AvgIpc) is 2.79. The fourth-order valence-electron chi connectivity index (χ4n) is 3.00. The van der Waals surface area contributed by atoms with Crippen LogP contribution in [0.25, 0.3) is 0 Å². The molecule has 3 nitrogen and oxygen atoms in total. The third-order valence-electron chi connectivity index (χ3n) is 4.18. The molecular weight excluding hydrogens is 397 g/mol. The molecule has 0 bridgehead atoms. The van der Waals surface area contributed by atoms with Crippen LogP contribution in [0.2, 0.25) is 5.02 Å². The van der Waals surface area contributed by atoms with Gasteiger partial charge in [-0.25, -0.2) is 8.42 Å². The van der Waals surface area contributed by atoms with Gasteiger partial charge in [0.25, 0.3) is 0 Å². The van der Waals surface area contributed by atoms with Crippen molar-refractivity contribution >= 4 is 45.6 Å². The molecule has 1 aliphatic heterocycles. The third kappa shape index (κ3) is 4.92. The standard InChI is InChI=1S/C18H20ClNO2S2.ClH/c1-24(21,22)17-5-3-2-4-14(17)12-23-18-15-9-11-20-10-8-13(15)6-7-16(18)19;/h2-7,20H,8-12H2,1H3;1H. The second kappa shape index (κ2) is 8.78. The van der Waals surface area contributed by atoms with Gasteiger partial charge in [-0.15, -0.1) is 24.2 Å². The molecule has 0 atom stereocenters. The number of rotatable bonds is 4. The lowest BCUT2D eigenvalue weighted by Gasteiger charge is -2.14. The summed E-state index contributed by atoms with van der Waals surface area (Å²) in [5.41, 5.74) is 3.46. The van der Waals surface area contributed by atoms with E-state index in [4.69, 9.17) is 11.6 Å². The zero-order chi connectivity index (χ0) is 17.2. The first-order valence-corrected chi connectivity index (χ1v) is 11.1. The Hall–Kier alpha value is -0.720. The molecule has 0 saturated heterocycles. The van der Waals surface area contributed by atoms with Gasteiger partial charge in [0, 0.05) is 16.9 Å². The smallest absolute Gasteiger partial charge is 0.175 e. The Morgan fingerprint density at radius 3 is 2.60 bits per heavy atom. The van der Waals surface area contributed by atoms with E-state index < -0.39 is 9.84 Å². The van der Waals surface area contributed by atoms with E-state index in [1.165, 1.54) is 17.4 Å². The summed E-state index contributed by atoms with van der Waals surface area (Å²) < 4.78 is 23.9. The van der Waals surface area contributed by atoms with Crippen LogP contribution in [0.15, 0.2) is 46.2 Å². The minimum absolute atomic E-state index is 0. The molecule has 0 radical (unpaired) electrons. The van der Waals surface area contributed by atoms with Gasteiger partial charge in [0.1, 0.15) is 0 Å². The first-order valence-electron chi connectivity index (χ1n) is 7.88. The van der Waals surface area contributed by atoms with Crippen molar-refractivity contribution < 1.29 is 8.42 Å². The van der Waals surface area contributed by atoms with Gasteiger partial charge in [-0.2, -0.15) is 0 Å². The first kappa shape index (κ1) is 20.6. The van der Waals surface area contributed by atoms with Crippen molar-refractivity contribution in [1.29, 1.82) is 0 Å². The number of nitrogens with one attached hydrogen (secondary N) is 1. The number of thioether (sulfide) groups is 1. The van der Waals surface area contributed by atoms with Gasteiger partial charge in [-0.1, -0.05) is 35.9 Å². The van der Waals surface area contributed by atoms with Crippen molar-refractivity contribution in [1.82, 2.24) is 5.32 Å². The Balaban J connectivity index is 0.00000225. The van der Waals surface area contributed by atoms with E-state index in [-0.39, 0.29) is 12.4 Å². The van der Waals surface area contributed by atoms with Gasteiger partial charge >= 0.3 is 0 Å². The van der Waals surface area contributed by atoms with E-state index >= 15 is 0 Å². The zero-order valence-corrected chi connectivity index (χ0v) is 17.1. The molecule has 2 aromatic carbocycles. The molecule has 0 saturated carbocycles. The lowest BCUT2D eigenvalue weighted by Crippen LogP contribution is -2.16. The summed E-state index contributed by atoms with van der Waals surface area (Å²) in [5, 5.41) is 4.16. The normalized spacial score (nSPS) is 14.3. The lowest BCUT2D eigenvalue weighted by atomic mass is 10.0. The quantitative estimate of drug-likeness (QED) is 0.758. The van der Waals surface area contributed by atoms with Gasteiger partial charge in [-0.3, -0.25) is 0 Å². The van der Waals surface area contributed by atoms with Crippen LogP contribution in [0.4, 0.5) is 0 Å². The summed E-state index contributed by atoms with van der Waals surface area (Å²) >= 11 is 8.08. The number of hydrogen-bond acceptors (Lipinski definition) is 4. The maximum Gasteiger partial charge on any atom is 0.175 e. The van der Waals surface area contributed by atoms with Crippen LogP contribution in [0.3, 0.4) is 0 Å². The van der Waals surface area contributed by atoms with E-state index in [1.807, 2.05) is 18.2 Å². The molecule has 136 valence electrons. The molecule has 0 aliphatic carbocycles. The van der Waals surface area contributed by atoms with Crippen LogP contribution in [0, 0.1) is 0 Å². The Morgan fingerprint density at radius 2 is 1.84 bits per heavy atom. The monoisotopic (exact) mass is 417 g/mol. The molecule has 3 rings (SSSR count). The van der Waals surface area contributed by atoms with E-state index in [2.05, 4.69) is 11.4 Å². The maximum absolute atomic E-state index is 12.0. The highest BCUT2D eigenvalue weighted by molar-refractivity contribution is 7.98. The highest BCUT2D eigenvalue weighted by Crippen LogP contribution is 2.36. The molecule has 25 heavy (non-hydrogen) atoms. The van der Waals surface area contributed by atoms with Crippen molar-refractivity contribution in [2.24, 2.45) is 0 Å². The van der Waals surface area contributed by atoms with Crippen LogP contribution >= 0.6 is 35.8 Å². The van der Waals surface area contributed by atoms with Gasteiger partial charge in [0.2, 0.25) is 0 Å². The molecule has 0 fully saturated rings. The SMILES string of the molecule is CS(=O)(=O)c1ccccc1CSc1c(Cl)ccc2c1CCNCC2.Cl. The van der Waals surface area contributed by atoms with Gasteiger partial charge < -0.3 is 5.32 Å². The van der Waals surface area contributed by atoms with Crippen molar-refractivity contribution in [3.8, 4) is 0 Å². The molecule has 0 unspecified atom stereocenters. The van der Waals surface area contributed by atoms with Crippen LogP contribution < -0.4 is 5.32 Å². The highest BCUT2D eigenvalue weighted by atomic mass is 35.5. The molecule has 2 aromatic rings. The maximum atomic E-state index is 12.0. The Bertz CT molecular complexity index is 854. The van der Waals surface area contributed by atoms with Gasteiger partial charge in [0.15, 0.2) is 9.84 Å². The molecule has 1 aliphatic rings. The van der Waals surface area contributed by atoms with E-state index in [1.54, 1.807) is 23.9 Å². The average molecular weight is 418 g/mol. The molecule has 0 spiro atoms. The van der Waals surface area contributed by atoms with Crippen molar-refractivity contribution in [3.05, 3.63) is 58.1 Å². The first-order chi connectivity index (χ1) is 11.5. The number of benzene rings is 2. The minimum Gasteiger partial charge on any atom is -0.316 e. The summed E-state index contributed by atoms with van der Waals surface area (Å²) in [6.45, 7) is 1.93. The fourth-order valence-corrected chi connectivity index (χ4v) is 5.54. The van der Waals surface area contributed by atoms with Crippen molar-refractivity contribution in [3.63, 3.8) is 0 Å². The molecule has 0 aromatic heterocycles. The molecule has 1 heterocycles. The summed E-state index contributed by atoms with van der Waals surface area (Å²) in [5.74, 6) is 0.590. The van der Waals surface area contributed by atoms with E-state index in [0.29, 0.717) is 10.6 Å².